The smallest absolute Gasteiger partial charge is 0.341 e. The third-order valence-corrected chi connectivity index (χ3v) is 5.59. The van der Waals surface area contributed by atoms with E-state index in [2.05, 4.69) is 15.6 Å². The first-order valence-electron chi connectivity index (χ1n) is 10.7. The number of hydrogen-bond acceptors (Lipinski definition) is 7. The molecule has 3 aromatic rings. The number of anilines is 3. The summed E-state index contributed by atoms with van der Waals surface area (Å²) in [4.78, 5) is 28.8. The number of carbonyl (C=O) groups is 1. The number of aromatic nitrogens is 2. The number of ether oxygens (including phenoxy) is 1. The molecule has 0 spiro atoms. The molecular weight excluding hydrogens is 429 g/mol. The van der Waals surface area contributed by atoms with Crippen LogP contribution in [0.1, 0.15) is 36.7 Å². The number of halogens is 1. The van der Waals surface area contributed by atoms with Crippen LogP contribution < -0.4 is 26.5 Å². The SMILES string of the molecule is CC(C)C[C@H]1COc2c(NCCNc3ccccn3)c(F)c(N)c3c(=O)c(C(=O)O)cn1c23. The number of rotatable bonds is 8. The topological polar surface area (TPSA) is 132 Å². The van der Waals surface area contributed by atoms with E-state index in [4.69, 9.17) is 10.5 Å². The molecule has 3 heterocycles. The first-order valence-corrected chi connectivity index (χ1v) is 10.7. The molecule has 1 aliphatic rings. The van der Waals surface area contributed by atoms with E-state index in [1.807, 2.05) is 26.0 Å². The molecule has 33 heavy (non-hydrogen) atoms. The van der Waals surface area contributed by atoms with Crippen LogP contribution in [0.2, 0.25) is 0 Å². The molecule has 1 atom stereocenters. The Morgan fingerprint density at radius 1 is 1.36 bits per heavy atom. The Morgan fingerprint density at radius 3 is 2.79 bits per heavy atom. The summed E-state index contributed by atoms with van der Waals surface area (Å²) in [6, 6.07) is 5.25. The van der Waals surface area contributed by atoms with Gasteiger partial charge in [-0.2, -0.15) is 0 Å². The molecule has 2 aromatic heterocycles. The van der Waals surface area contributed by atoms with E-state index in [0.717, 1.165) is 0 Å². The highest BCUT2D eigenvalue weighted by molar-refractivity contribution is 6.03. The highest BCUT2D eigenvalue weighted by Gasteiger charge is 2.32. The van der Waals surface area contributed by atoms with Crippen LogP contribution in [-0.2, 0) is 0 Å². The van der Waals surface area contributed by atoms with Gasteiger partial charge in [-0.25, -0.2) is 14.2 Å². The first kappa shape index (κ1) is 22.4. The van der Waals surface area contributed by atoms with Crippen molar-refractivity contribution in [2.45, 2.75) is 26.3 Å². The summed E-state index contributed by atoms with van der Waals surface area (Å²) in [7, 11) is 0. The van der Waals surface area contributed by atoms with E-state index >= 15 is 4.39 Å². The lowest BCUT2D eigenvalue weighted by molar-refractivity contribution is 0.0694. The lowest BCUT2D eigenvalue weighted by Crippen LogP contribution is -2.30. The maximum atomic E-state index is 15.3. The average molecular weight is 455 g/mol. The number of carboxylic acids is 1. The Labute approximate surface area is 189 Å². The largest absolute Gasteiger partial charge is 0.487 e. The quantitative estimate of drug-likeness (QED) is 0.300. The van der Waals surface area contributed by atoms with Crippen LogP contribution in [0.3, 0.4) is 0 Å². The van der Waals surface area contributed by atoms with Gasteiger partial charge in [-0.05, 0) is 24.5 Å². The van der Waals surface area contributed by atoms with Gasteiger partial charge in [0.25, 0.3) is 0 Å². The Balaban J connectivity index is 1.78. The van der Waals surface area contributed by atoms with E-state index < -0.39 is 28.5 Å². The van der Waals surface area contributed by atoms with Gasteiger partial charge in [0.05, 0.1) is 22.6 Å². The standard InChI is InChI=1S/C23H26FN5O4/c1-12(2)9-13-11-33-22-19(28-8-7-27-15-5-3-4-6-26-15)17(24)18(25)16-20(22)29(13)10-14(21(16)30)23(31)32/h3-6,10,12-13,28H,7-9,11,25H2,1-2H3,(H,26,27)(H,31,32)/t13-/m0/s1. The van der Waals surface area contributed by atoms with Crippen molar-refractivity contribution in [1.82, 2.24) is 9.55 Å². The van der Waals surface area contributed by atoms with Crippen LogP contribution in [0.5, 0.6) is 5.75 Å². The van der Waals surface area contributed by atoms with Crippen LogP contribution in [0, 0.1) is 11.7 Å². The molecule has 10 heteroatoms. The van der Waals surface area contributed by atoms with E-state index in [1.165, 1.54) is 6.20 Å². The molecule has 5 N–H and O–H groups in total. The number of aromatic carboxylic acids is 1. The molecule has 0 unspecified atom stereocenters. The summed E-state index contributed by atoms with van der Waals surface area (Å²) in [6.45, 7) is 5.05. The highest BCUT2D eigenvalue weighted by atomic mass is 19.1. The normalized spacial score (nSPS) is 14.8. The lowest BCUT2D eigenvalue weighted by Gasteiger charge is -2.32. The summed E-state index contributed by atoms with van der Waals surface area (Å²) in [5.41, 5.74) is 4.72. The van der Waals surface area contributed by atoms with Crippen molar-refractivity contribution in [3.05, 3.63) is 52.2 Å². The van der Waals surface area contributed by atoms with Gasteiger partial charge in [0.15, 0.2) is 11.6 Å². The summed E-state index contributed by atoms with van der Waals surface area (Å²) >= 11 is 0. The number of nitrogens with zero attached hydrogens (tertiary/aromatic N) is 2. The number of carboxylic acid groups (broad SMARTS) is 1. The first-order chi connectivity index (χ1) is 15.8. The minimum Gasteiger partial charge on any atom is -0.487 e. The van der Waals surface area contributed by atoms with Gasteiger partial charge in [-0.15, -0.1) is 0 Å². The Morgan fingerprint density at radius 2 is 2.12 bits per heavy atom. The van der Waals surface area contributed by atoms with E-state index in [0.29, 0.717) is 30.8 Å². The Bertz CT molecular complexity index is 1260. The number of benzene rings is 1. The monoisotopic (exact) mass is 455 g/mol. The fraction of sp³-hybridized carbons (Fsp3) is 0.348. The minimum absolute atomic E-state index is 0.0436. The average Bonchev–Trinajstić information content (AvgIpc) is 2.78. The number of nitrogens with one attached hydrogen (secondary N) is 2. The summed E-state index contributed by atoms with van der Waals surface area (Å²) < 4.78 is 23.0. The minimum atomic E-state index is -1.38. The molecule has 9 nitrogen and oxygen atoms in total. The molecule has 4 rings (SSSR count). The fourth-order valence-corrected chi connectivity index (χ4v) is 4.15. The summed E-state index contributed by atoms with van der Waals surface area (Å²) in [5.74, 6) is -1.10. The summed E-state index contributed by atoms with van der Waals surface area (Å²) in [5, 5.41) is 15.5. The highest BCUT2D eigenvalue weighted by Crippen LogP contribution is 2.44. The zero-order valence-corrected chi connectivity index (χ0v) is 18.4. The third-order valence-electron chi connectivity index (χ3n) is 5.59. The molecule has 0 saturated heterocycles. The van der Waals surface area contributed by atoms with Crippen LogP contribution >= 0.6 is 0 Å². The zero-order chi connectivity index (χ0) is 23.7. The summed E-state index contributed by atoms with van der Waals surface area (Å²) in [6.07, 6.45) is 3.66. The molecule has 0 aliphatic carbocycles. The van der Waals surface area contributed by atoms with Gasteiger partial charge >= 0.3 is 5.97 Å². The van der Waals surface area contributed by atoms with Crippen molar-refractivity contribution in [3.63, 3.8) is 0 Å². The van der Waals surface area contributed by atoms with Gasteiger partial charge in [-0.3, -0.25) is 4.79 Å². The van der Waals surface area contributed by atoms with Crippen molar-refractivity contribution in [2.75, 3.05) is 36.1 Å². The molecule has 0 radical (unpaired) electrons. The Kier molecular flexibility index (Phi) is 6.08. The fourth-order valence-electron chi connectivity index (χ4n) is 4.15. The van der Waals surface area contributed by atoms with E-state index in [9.17, 15) is 14.7 Å². The van der Waals surface area contributed by atoms with Crippen molar-refractivity contribution in [1.29, 1.82) is 0 Å². The molecule has 0 saturated carbocycles. The molecule has 0 amide bonds. The van der Waals surface area contributed by atoms with Gasteiger partial charge in [-0.1, -0.05) is 19.9 Å². The van der Waals surface area contributed by atoms with Crippen LogP contribution in [0.25, 0.3) is 10.9 Å². The van der Waals surface area contributed by atoms with Crippen LogP contribution in [0.4, 0.5) is 21.6 Å². The van der Waals surface area contributed by atoms with Crippen molar-refractivity contribution < 1.29 is 19.0 Å². The van der Waals surface area contributed by atoms with Crippen molar-refractivity contribution >= 4 is 34.1 Å². The molecular formula is C23H26FN5O4. The molecule has 174 valence electrons. The van der Waals surface area contributed by atoms with Crippen LogP contribution in [-0.4, -0.2) is 40.3 Å². The van der Waals surface area contributed by atoms with E-state index in [1.54, 1.807) is 16.8 Å². The van der Waals surface area contributed by atoms with Crippen LogP contribution in [0.15, 0.2) is 35.4 Å². The molecule has 1 aromatic carbocycles. The predicted molar refractivity (Wildman–Crippen MR) is 125 cm³/mol. The molecule has 0 bridgehead atoms. The van der Waals surface area contributed by atoms with Gasteiger partial charge in [0.1, 0.15) is 23.7 Å². The van der Waals surface area contributed by atoms with E-state index in [-0.39, 0.29) is 35.4 Å². The second kappa shape index (κ2) is 8.97. The number of nitrogen functional groups attached to an aromatic ring is 1. The second-order valence-corrected chi connectivity index (χ2v) is 8.40. The number of hydrogen-bond donors (Lipinski definition) is 4. The molecule has 0 fully saturated rings. The predicted octanol–water partition coefficient (Wildman–Crippen LogP) is 3.32. The maximum Gasteiger partial charge on any atom is 0.341 e. The lowest BCUT2D eigenvalue weighted by atomic mass is 9.99. The second-order valence-electron chi connectivity index (χ2n) is 8.40. The molecule has 1 aliphatic heterocycles. The number of pyridine rings is 2. The van der Waals surface area contributed by atoms with Crippen molar-refractivity contribution in [3.8, 4) is 5.75 Å². The zero-order valence-electron chi connectivity index (χ0n) is 18.4. The van der Waals surface area contributed by atoms with Gasteiger partial charge in [0.2, 0.25) is 5.43 Å². The maximum absolute atomic E-state index is 15.3. The number of nitrogens with two attached hydrogens (primary N) is 1. The van der Waals surface area contributed by atoms with Gasteiger partial charge in [0, 0.05) is 25.5 Å². The third kappa shape index (κ3) is 4.15. The van der Waals surface area contributed by atoms with Gasteiger partial charge < -0.3 is 30.8 Å². The van der Waals surface area contributed by atoms with Crippen molar-refractivity contribution in [2.24, 2.45) is 5.92 Å². The Hall–Kier alpha value is -3.82.